The summed E-state index contributed by atoms with van der Waals surface area (Å²) in [5.74, 6) is 0.777. The van der Waals surface area contributed by atoms with Crippen LogP contribution in [0.25, 0.3) is 0 Å². The first kappa shape index (κ1) is 17.9. The monoisotopic (exact) mass is 355 g/mol. The van der Waals surface area contributed by atoms with Crippen LogP contribution >= 0.6 is 0 Å². The summed E-state index contributed by atoms with van der Waals surface area (Å²) in [5.41, 5.74) is 0.473. The lowest BCUT2D eigenvalue weighted by atomic mass is 10.1. The van der Waals surface area contributed by atoms with Crippen LogP contribution in [0.5, 0.6) is 5.75 Å². The first-order chi connectivity index (χ1) is 12.6. The van der Waals surface area contributed by atoms with E-state index in [0.717, 1.165) is 25.4 Å². The topological polar surface area (TPSA) is 75.9 Å². The molecular formula is C19H21N3O4. The lowest BCUT2D eigenvalue weighted by Gasteiger charge is -2.34. The minimum absolute atomic E-state index is 0.00946. The molecule has 1 aliphatic heterocycles. The average Bonchev–Trinajstić information content (AvgIpc) is 2.69. The van der Waals surface area contributed by atoms with Crippen LogP contribution in [0.2, 0.25) is 0 Å². The molecule has 0 unspecified atom stereocenters. The molecule has 0 aliphatic carbocycles. The van der Waals surface area contributed by atoms with Crippen molar-refractivity contribution < 1.29 is 14.5 Å². The summed E-state index contributed by atoms with van der Waals surface area (Å²) in [6, 6.07) is 15.5. The van der Waals surface area contributed by atoms with Crippen molar-refractivity contribution in [3.8, 4) is 5.75 Å². The Morgan fingerprint density at radius 1 is 1.00 bits per heavy atom. The molecule has 26 heavy (non-hydrogen) atoms. The highest BCUT2D eigenvalue weighted by atomic mass is 16.6. The van der Waals surface area contributed by atoms with E-state index >= 15 is 0 Å². The molecule has 0 bridgehead atoms. The number of piperazine rings is 1. The molecule has 1 amide bonds. The lowest BCUT2D eigenvalue weighted by molar-refractivity contribution is -0.384. The molecular weight excluding hydrogens is 334 g/mol. The first-order valence-electron chi connectivity index (χ1n) is 8.57. The molecule has 1 fully saturated rings. The maximum Gasteiger partial charge on any atom is 0.269 e. The van der Waals surface area contributed by atoms with Crippen LogP contribution < -0.4 is 4.74 Å². The van der Waals surface area contributed by atoms with Crippen molar-refractivity contribution in [3.63, 3.8) is 0 Å². The van der Waals surface area contributed by atoms with Crippen LogP contribution in [0.3, 0.4) is 0 Å². The number of ether oxygens (including phenoxy) is 1. The van der Waals surface area contributed by atoms with Crippen molar-refractivity contribution >= 4 is 11.6 Å². The number of para-hydroxylation sites is 1. The summed E-state index contributed by atoms with van der Waals surface area (Å²) >= 11 is 0. The van der Waals surface area contributed by atoms with E-state index in [-0.39, 0.29) is 11.6 Å². The maximum atomic E-state index is 12.5. The standard InChI is InChI=1S/C19H21N3O4/c23-19(16-6-8-17(9-7-16)22(24)25)21-12-10-20(11-13-21)14-15-26-18-4-2-1-3-5-18/h1-9H,10-15H2. The zero-order valence-corrected chi connectivity index (χ0v) is 14.4. The summed E-state index contributed by atoms with van der Waals surface area (Å²) in [5, 5.41) is 10.7. The Balaban J connectivity index is 1.44. The molecule has 7 heteroatoms. The highest BCUT2D eigenvalue weighted by Crippen LogP contribution is 2.15. The van der Waals surface area contributed by atoms with E-state index in [4.69, 9.17) is 4.74 Å². The molecule has 0 N–H and O–H groups in total. The van der Waals surface area contributed by atoms with Crippen LogP contribution in [0.4, 0.5) is 5.69 Å². The Hall–Kier alpha value is -2.93. The molecule has 136 valence electrons. The summed E-state index contributed by atoms with van der Waals surface area (Å²) in [6.07, 6.45) is 0. The largest absolute Gasteiger partial charge is 0.492 e. The Bertz CT molecular complexity index is 741. The second-order valence-corrected chi connectivity index (χ2v) is 6.10. The van der Waals surface area contributed by atoms with Gasteiger partial charge in [0.15, 0.2) is 0 Å². The van der Waals surface area contributed by atoms with Crippen LogP contribution in [-0.4, -0.2) is 60.0 Å². The second-order valence-electron chi connectivity index (χ2n) is 6.10. The number of nitro groups is 1. The SMILES string of the molecule is O=C(c1ccc([N+](=O)[O-])cc1)N1CCN(CCOc2ccccc2)CC1. The molecule has 0 spiro atoms. The highest BCUT2D eigenvalue weighted by Gasteiger charge is 2.22. The Morgan fingerprint density at radius 2 is 1.65 bits per heavy atom. The fourth-order valence-electron chi connectivity index (χ4n) is 2.89. The van der Waals surface area contributed by atoms with Crippen LogP contribution in [0, 0.1) is 10.1 Å². The van der Waals surface area contributed by atoms with Gasteiger partial charge < -0.3 is 9.64 Å². The number of non-ortho nitro benzene ring substituents is 1. The molecule has 1 heterocycles. The van der Waals surface area contributed by atoms with E-state index in [1.54, 1.807) is 4.90 Å². The number of hydrogen-bond donors (Lipinski definition) is 0. The van der Waals surface area contributed by atoms with Crippen molar-refractivity contribution in [2.24, 2.45) is 0 Å². The van der Waals surface area contributed by atoms with Gasteiger partial charge in [-0.25, -0.2) is 0 Å². The summed E-state index contributed by atoms with van der Waals surface area (Å²) in [7, 11) is 0. The molecule has 0 radical (unpaired) electrons. The highest BCUT2D eigenvalue weighted by molar-refractivity contribution is 5.94. The van der Waals surface area contributed by atoms with Gasteiger partial charge in [0.05, 0.1) is 4.92 Å². The van der Waals surface area contributed by atoms with Crippen LogP contribution in [0.15, 0.2) is 54.6 Å². The molecule has 1 saturated heterocycles. The summed E-state index contributed by atoms with van der Waals surface area (Å²) < 4.78 is 5.71. The third-order valence-electron chi connectivity index (χ3n) is 4.40. The first-order valence-corrected chi connectivity index (χ1v) is 8.57. The molecule has 0 atom stereocenters. The number of carbonyl (C=O) groups excluding carboxylic acids is 1. The van der Waals surface area contributed by atoms with E-state index in [1.807, 2.05) is 30.3 Å². The minimum Gasteiger partial charge on any atom is -0.492 e. The summed E-state index contributed by atoms with van der Waals surface area (Å²) in [4.78, 5) is 26.8. The van der Waals surface area contributed by atoms with E-state index in [9.17, 15) is 14.9 Å². The molecule has 3 rings (SSSR count). The third-order valence-corrected chi connectivity index (χ3v) is 4.40. The molecule has 1 aliphatic rings. The number of nitrogens with zero attached hydrogens (tertiary/aromatic N) is 3. The van der Waals surface area contributed by atoms with Gasteiger partial charge in [0.2, 0.25) is 0 Å². The zero-order chi connectivity index (χ0) is 18.4. The van der Waals surface area contributed by atoms with Crippen molar-refractivity contribution in [2.45, 2.75) is 0 Å². The molecule has 0 saturated carbocycles. The van der Waals surface area contributed by atoms with Crippen LogP contribution in [-0.2, 0) is 0 Å². The van der Waals surface area contributed by atoms with E-state index < -0.39 is 4.92 Å². The van der Waals surface area contributed by atoms with E-state index in [2.05, 4.69) is 4.90 Å². The van der Waals surface area contributed by atoms with Gasteiger partial charge in [0.25, 0.3) is 11.6 Å². The van der Waals surface area contributed by atoms with Crippen LogP contribution in [0.1, 0.15) is 10.4 Å². The van der Waals surface area contributed by atoms with E-state index in [0.29, 0.717) is 25.3 Å². The van der Waals surface area contributed by atoms with Crippen molar-refractivity contribution in [1.29, 1.82) is 0 Å². The van der Waals surface area contributed by atoms with Gasteiger partial charge in [0.1, 0.15) is 12.4 Å². The Labute approximate surface area is 151 Å². The molecule has 0 aromatic heterocycles. The average molecular weight is 355 g/mol. The quantitative estimate of drug-likeness (QED) is 0.588. The summed E-state index contributed by atoms with van der Waals surface area (Å²) in [6.45, 7) is 4.28. The van der Waals surface area contributed by atoms with Gasteiger partial charge in [-0.2, -0.15) is 0 Å². The van der Waals surface area contributed by atoms with Crippen molar-refractivity contribution in [2.75, 3.05) is 39.3 Å². The Kier molecular flexibility index (Phi) is 5.80. The zero-order valence-electron chi connectivity index (χ0n) is 14.4. The van der Waals surface area contributed by atoms with Crippen molar-refractivity contribution in [3.05, 3.63) is 70.3 Å². The van der Waals surface area contributed by atoms with Gasteiger partial charge >= 0.3 is 0 Å². The maximum absolute atomic E-state index is 12.5. The smallest absolute Gasteiger partial charge is 0.269 e. The third kappa shape index (κ3) is 4.58. The van der Waals surface area contributed by atoms with Gasteiger partial charge in [-0.05, 0) is 24.3 Å². The molecule has 7 nitrogen and oxygen atoms in total. The number of carbonyl (C=O) groups is 1. The number of rotatable bonds is 6. The minimum atomic E-state index is -0.468. The second kappa shape index (κ2) is 8.44. The molecule has 2 aromatic carbocycles. The number of benzene rings is 2. The fourth-order valence-corrected chi connectivity index (χ4v) is 2.89. The predicted molar refractivity (Wildman–Crippen MR) is 97.4 cm³/mol. The molecule has 2 aromatic rings. The number of hydrogen-bond acceptors (Lipinski definition) is 5. The van der Waals surface area contributed by atoms with Gasteiger partial charge in [-0.3, -0.25) is 19.8 Å². The number of nitro benzene ring substituents is 1. The lowest BCUT2D eigenvalue weighted by Crippen LogP contribution is -2.49. The van der Waals surface area contributed by atoms with Gasteiger partial charge in [-0.15, -0.1) is 0 Å². The fraction of sp³-hybridized carbons (Fsp3) is 0.316. The van der Waals surface area contributed by atoms with E-state index in [1.165, 1.54) is 24.3 Å². The van der Waals surface area contributed by atoms with Gasteiger partial charge in [0, 0.05) is 50.4 Å². The van der Waals surface area contributed by atoms with Crippen molar-refractivity contribution in [1.82, 2.24) is 9.80 Å². The predicted octanol–water partition coefficient (Wildman–Crippen LogP) is 2.43. The van der Waals surface area contributed by atoms with Gasteiger partial charge in [-0.1, -0.05) is 18.2 Å². The Morgan fingerprint density at radius 3 is 2.27 bits per heavy atom. The number of amides is 1. The normalized spacial score (nSPS) is 14.8.